The Balaban J connectivity index is 2.83. The van der Waals surface area contributed by atoms with Crippen LogP contribution in [0.4, 0.5) is 0 Å². The predicted molar refractivity (Wildman–Crippen MR) is 56.0 cm³/mol. The average molecular weight is 213 g/mol. The van der Waals surface area contributed by atoms with Gasteiger partial charge in [0.15, 0.2) is 0 Å². The molecule has 1 saturated heterocycles. The van der Waals surface area contributed by atoms with Crippen molar-refractivity contribution in [3.8, 4) is 0 Å². The smallest absolute Gasteiger partial charge is 0.230 e. The summed E-state index contributed by atoms with van der Waals surface area (Å²) >= 11 is 0. The molecule has 1 rings (SSSR count). The number of piperidine rings is 1. The molecule has 1 atom stereocenters. The third-order valence-corrected chi connectivity index (χ3v) is 2.84. The molecule has 86 valence electrons. The summed E-state index contributed by atoms with van der Waals surface area (Å²) < 4.78 is 0. The number of imide groups is 1. The summed E-state index contributed by atoms with van der Waals surface area (Å²) in [6.07, 6.45) is 1.37. The van der Waals surface area contributed by atoms with Crippen molar-refractivity contribution >= 4 is 11.8 Å². The van der Waals surface area contributed by atoms with Gasteiger partial charge in [-0.3, -0.25) is 14.5 Å². The van der Waals surface area contributed by atoms with Gasteiger partial charge in [-0.25, -0.2) is 0 Å². The molecular formula is C11H19NO3. The van der Waals surface area contributed by atoms with Crippen molar-refractivity contribution in [2.75, 3.05) is 6.61 Å². The first-order valence-corrected chi connectivity index (χ1v) is 5.37. The molecular weight excluding hydrogens is 194 g/mol. The van der Waals surface area contributed by atoms with E-state index in [1.807, 2.05) is 20.8 Å². The maximum atomic E-state index is 11.8. The minimum Gasteiger partial charge on any atom is -0.394 e. The average Bonchev–Trinajstić information content (AvgIpc) is 2.09. The van der Waals surface area contributed by atoms with Crippen LogP contribution in [-0.2, 0) is 9.59 Å². The van der Waals surface area contributed by atoms with Crippen molar-refractivity contribution in [3.63, 3.8) is 0 Å². The second-order valence-electron chi connectivity index (χ2n) is 4.92. The van der Waals surface area contributed by atoms with E-state index in [2.05, 4.69) is 0 Å². The second-order valence-corrected chi connectivity index (χ2v) is 4.92. The number of carbonyl (C=O) groups excluding carboxylic acids is 2. The number of aliphatic hydroxyl groups is 1. The molecule has 4 heteroatoms. The lowest BCUT2D eigenvalue weighted by molar-refractivity contribution is -0.156. The molecule has 1 aliphatic rings. The van der Waals surface area contributed by atoms with Gasteiger partial charge < -0.3 is 5.11 Å². The van der Waals surface area contributed by atoms with Crippen molar-refractivity contribution in [2.45, 2.75) is 46.1 Å². The van der Waals surface area contributed by atoms with E-state index in [-0.39, 0.29) is 29.9 Å². The van der Waals surface area contributed by atoms with Gasteiger partial charge in [-0.05, 0) is 11.8 Å². The summed E-state index contributed by atoms with van der Waals surface area (Å²) in [5.74, 6) is -0.311. The van der Waals surface area contributed by atoms with Crippen LogP contribution in [0.1, 0.15) is 40.0 Å². The van der Waals surface area contributed by atoms with Crippen molar-refractivity contribution in [1.82, 2.24) is 4.90 Å². The van der Waals surface area contributed by atoms with Gasteiger partial charge in [0.2, 0.25) is 11.8 Å². The number of nitrogens with zero attached hydrogens (tertiary/aromatic N) is 1. The maximum absolute atomic E-state index is 11.8. The number of rotatable bonds is 3. The van der Waals surface area contributed by atoms with E-state index in [1.54, 1.807) is 0 Å². The Morgan fingerprint density at radius 1 is 1.33 bits per heavy atom. The van der Waals surface area contributed by atoms with Gasteiger partial charge in [0.25, 0.3) is 0 Å². The molecule has 2 amide bonds. The van der Waals surface area contributed by atoms with E-state index in [0.29, 0.717) is 19.3 Å². The van der Waals surface area contributed by atoms with Crippen LogP contribution in [0.2, 0.25) is 0 Å². The van der Waals surface area contributed by atoms with Crippen LogP contribution in [0.3, 0.4) is 0 Å². The van der Waals surface area contributed by atoms with E-state index in [1.165, 1.54) is 4.90 Å². The Bertz CT molecular complexity index is 249. The molecule has 1 fully saturated rings. The zero-order chi connectivity index (χ0) is 11.6. The number of likely N-dealkylation sites (tertiary alicyclic amines) is 1. The Morgan fingerprint density at radius 3 is 2.13 bits per heavy atom. The van der Waals surface area contributed by atoms with Crippen molar-refractivity contribution in [1.29, 1.82) is 0 Å². The van der Waals surface area contributed by atoms with Gasteiger partial charge in [-0.15, -0.1) is 0 Å². The lowest BCUT2D eigenvalue weighted by Gasteiger charge is -2.38. The molecule has 0 aromatic carbocycles. The Labute approximate surface area is 90.3 Å². The van der Waals surface area contributed by atoms with Crippen LogP contribution in [0, 0.1) is 5.41 Å². The summed E-state index contributed by atoms with van der Waals surface area (Å²) in [6, 6.07) is -0.346. The summed E-state index contributed by atoms with van der Waals surface area (Å²) in [4.78, 5) is 24.8. The fourth-order valence-electron chi connectivity index (χ4n) is 1.99. The third-order valence-electron chi connectivity index (χ3n) is 2.84. The molecule has 0 spiro atoms. The van der Waals surface area contributed by atoms with E-state index < -0.39 is 0 Å². The van der Waals surface area contributed by atoms with Gasteiger partial charge >= 0.3 is 0 Å². The highest BCUT2D eigenvalue weighted by atomic mass is 16.3. The molecule has 0 saturated carbocycles. The second kappa shape index (κ2) is 4.31. The Morgan fingerprint density at radius 2 is 1.80 bits per heavy atom. The number of amides is 2. The largest absolute Gasteiger partial charge is 0.394 e. The summed E-state index contributed by atoms with van der Waals surface area (Å²) in [5.41, 5.74) is -0.238. The summed E-state index contributed by atoms with van der Waals surface area (Å²) in [5, 5.41) is 9.10. The molecule has 0 aliphatic carbocycles. The van der Waals surface area contributed by atoms with Gasteiger partial charge in [0.05, 0.1) is 12.6 Å². The van der Waals surface area contributed by atoms with Gasteiger partial charge in [0, 0.05) is 12.8 Å². The normalized spacial score (nSPS) is 23.1. The quantitative estimate of drug-likeness (QED) is 0.710. The minimum absolute atomic E-state index is 0.144. The molecule has 0 aromatic rings. The first-order chi connectivity index (χ1) is 6.91. The zero-order valence-electron chi connectivity index (χ0n) is 9.62. The van der Waals surface area contributed by atoms with E-state index >= 15 is 0 Å². The highest BCUT2D eigenvalue weighted by Gasteiger charge is 2.39. The molecule has 4 nitrogen and oxygen atoms in total. The molecule has 0 aromatic heterocycles. The minimum atomic E-state index is -0.346. The summed E-state index contributed by atoms with van der Waals surface area (Å²) in [7, 11) is 0. The standard InChI is InChI=1S/C11H19NO3/c1-4-8(7-13)12-9(14)5-11(2,3)6-10(12)15/h8,13H,4-7H2,1-3H3/t8-/m1/s1. The van der Waals surface area contributed by atoms with Crippen LogP contribution in [0.5, 0.6) is 0 Å². The lowest BCUT2D eigenvalue weighted by Crippen LogP contribution is -2.52. The van der Waals surface area contributed by atoms with Crippen LogP contribution in [0.25, 0.3) is 0 Å². The lowest BCUT2D eigenvalue weighted by atomic mass is 9.81. The molecule has 15 heavy (non-hydrogen) atoms. The molecule has 1 heterocycles. The van der Waals surface area contributed by atoms with Crippen LogP contribution in [0.15, 0.2) is 0 Å². The zero-order valence-corrected chi connectivity index (χ0v) is 9.62. The first kappa shape index (κ1) is 12.2. The van der Waals surface area contributed by atoms with E-state index in [9.17, 15) is 9.59 Å². The summed E-state index contributed by atoms with van der Waals surface area (Å²) in [6.45, 7) is 5.55. The van der Waals surface area contributed by atoms with E-state index in [4.69, 9.17) is 5.11 Å². The van der Waals surface area contributed by atoms with Crippen LogP contribution < -0.4 is 0 Å². The predicted octanol–water partition coefficient (Wildman–Crippen LogP) is 0.932. The number of hydrogen-bond donors (Lipinski definition) is 1. The highest BCUT2D eigenvalue weighted by Crippen LogP contribution is 2.32. The number of hydrogen-bond acceptors (Lipinski definition) is 3. The van der Waals surface area contributed by atoms with Crippen LogP contribution >= 0.6 is 0 Å². The van der Waals surface area contributed by atoms with Gasteiger partial charge in [-0.2, -0.15) is 0 Å². The Kier molecular flexibility index (Phi) is 3.50. The highest BCUT2D eigenvalue weighted by molar-refractivity contribution is 5.98. The van der Waals surface area contributed by atoms with Crippen molar-refractivity contribution in [2.24, 2.45) is 5.41 Å². The van der Waals surface area contributed by atoms with E-state index in [0.717, 1.165) is 0 Å². The monoisotopic (exact) mass is 213 g/mol. The van der Waals surface area contributed by atoms with Crippen molar-refractivity contribution in [3.05, 3.63) is 0 Å². The molecule has 0 unspecified atom stereocenters. The third kappa shape index (κ3) is 2.56. The van der Waals surface area contributed by atoms with Crippen molar-refractivity contribution < 1.29 is 14.7 Å². The number of carbonyl (C=O) groups is 2. The molecule has 1 aliphatic heterocycles. The Hall–Kier alpha value is -0.900. The van der Waals surface area contributed by atoms with Crippen LogP contribution in [-0.4, -0.2) is 34.5 Å². The topological polar surface area (TPSA) is 57.6 Å². The molecule has 0 radical (unpaired) electrons. The fraction of sp³-hybridized carbons (Fsp3) is 0.818. The first-order valence-electron chi connectivity index (χ1n) is 5.37. The maximum Gasteiger partial charge on any atom is 0.230 e. The molecule has 0 bridgehead atoms. The number of aliphatic hydroxyl groups excluding tert-OH is 1. The van der Waals surface area contributed by atoms with Gasteiger partial charge in [0.1, 0.15) is 0 Å². The fourth-order valence-corrected chi connectivity index (χ4v) is 1.99. The van der Waals surface area contributed by atoms with Gasteiger partial charge in [-0.1, -0.05) is 20.8 Å². The molecule has 1 N–H and O–H groups in total. The SMILES string of the molecule is CC[C@H](CO)N1C(=O)CC(C)(C)CC1=O.